The van der Waals surface area contributed by atoms with Crippen molar-refractivity contribution in [1.29, 1.82) is 0 Å². The van der Waals surface area contributed by atoms with Crippen LogP contribution in [0.25, 0.3) is 0 Å². The smallest absolute Gasteiger partial charge is 0.199 e. The fourth-order valence-electron chi connectivity index (χ4n) is 0.543. The Hall–Kier alpha value is -0.370. The average Bonchev–Trinajstić information content (AvgIpc) is 1.85. The van der Waals surface area contributed by atoms with Crippen LogP contribution in [-0.2, 0) is 4.74 Å². The van der Waals surface area contributed by atoms with Crippen molar-refractivity contribution in [3.63, 3.8) is 0 Å². The van der Waals surface area contributed by atoms with E-state index in [0.29, 0.717) is 13.0 Å². The fraction of sp³-hybridized carbons (Fsp3) is 0.750. The van der Waals surface area contributed by atoms with E-state index in [1.165, 1.54) is 0 Å². The van der Waals surface area contributed by atoms with Crippen LogP contribution in [0.15, 0.2) is 12.2 Å². The minimum Gasteiger partial charge on any atom is -0.344 e. The van der Waals surface area contributed by atoms with Gasteiger partial charge in [-0.15, -0.1) is 0 Å². The van der Waals surface area contributed by atoms with Crippen LogP contribution >= 0.6 is 0 Å². The van der Waals surface area contributed by atoms with Crippen molar-refractivity contribution in [2.45, 2.75) is 33.0 Å². The van der Waals surface area contributed by atoms with Crippen molar-refractivity contribution in [2.75, 3.05) is 6.61 Å². The molecule has 0 fully saturated rings. The minimum absolute atomic E-state index is 0.334. The lowest BCUT2D eigenvalue weighted by molar-refractivity contribution is -0.0327. The summed E-state index contributed by atoms with van der Waals surface area (Å²) in [6, 6.07) is 0. The average molecular weight is 146 g/mol. The van der Waals surface area contributed by atoms with Crippen molar-refractivity contribution in [1.82, 2.24) is 0 Å². The quantitative estimate of drug-likeness (QED) is 0.542. The lowest BCUT2D eigenvalue weighted by Gasteiger charge is -2.07. The van der Waals surface area contributed by atoms with Gasteiger partial charge in [0.2, 0.25) is 0 Å². The molecule has 1 unspecified atom stereocenters. The second-order valence-corrected chi connectivity index (χ2v) is 2.47. The Morgan fingerprint density at radius 2 is 2.30 bits per heavy atom. The Labute approximate surface area is 61.9 Å². The van der Waals surface area contributed by atoms with Crippen molar-refractivity contribution in [2.24, 2.45) is 0 Å². The standard InChI is InChI=1S/C8H15FO/c1-4-5-8(9)10-6-7(2)3/h8H,2,4-6H2,1,3H3. The molecule has 2 heteroatoms. The van der Waals surface area contributed by atoms with Gasteiger partial charge < -0.3 is 4.74 Å². The summed E-state index contributed by atoms with van der Waals surface area (Å²) in [7, 11) is 0. The summed E-state index contributed by atoms with van der Waals surface area (Å²) in [6.45, 7) is 7.68. The number of rotatable bonds is 5. The Bertz CT molecular complexity index is 101. The normalized spacial score (nSPS) is 13.1. The third-order valence-corrected chi connectivity index (χ3v) is 1.03. The van der Waals surface area contributed by atoms with Gasteiger partial charge in [0.1, 0.15) is 0 Å². The van der Waals surface area contributed by atoms with E-state index < -0.39 is 6.36 Å². The molecular weight excluding hydrogens is 131 g/mol. The maximum atomic E-state index is 12.5. The van der Waals surface area contributed by atoms with Crippen molar-refractivity contribution in [3.05, 3.63) is 12.2 Å². The first-order valence-corrected chi connectivity index (χ1v) is 3.57. The molecule has 0 aliphatic carbocycles. The Morgan fingerprint density at radius 1 is 1.70 bits per heavy atom. The number of alkyl halides is 1. The van der Waals surface area contributed by atoms with Gasteiger partial charge in [0, 0.05) is 6.42 Å². The maximum absolute atomic E-state index is 12.5. The van der Waals surface area contributed by atoms with Gasteiger partial charge in [-0.25, -0.2) is 4.39 Å². The zero-order valence-corrected chi connectivity index (χ0v) is 6.69. The van der Waals surface area contributed by atoms with Gasteiger partial charge >= 0.3 is 0 Å². The maximum Gasteiger partial charge on any atom is 0.199 e. The van der Waals surface area contributed by atoms with E-state index in [4.69, 9.17) is 4.74 Å². The van der Waals surface area contributed by atoms with Crippen LogP contribution in [0.5, 0.6) is 0 Å². The molecule has 10 heavy (non-hydrogen) atoms. The SMILES string of the molecule is C=C(C)COC(F)CCC. The van der Waals surface area contributed by atoms with Gasteiger partial charge in [0.25, 0.3) is 0 Å². The van der Waals surface area contributed by atoms with E-state index in [9.17, 15) is 4.39 Å². The molecule has 0 amide bonds. The summed E-state index contributed by atoms with van der Waals surface area (Å²) in [5, 5.41) is 0. The molecule has 0 N–H and O–H groups in total. The van der Waals surface area contributed by atoms with Crippen LogP contribution in [0.3, 0.4) is 0 Å². The van der Waals surface area contributed by atoms with Crippen LogP contribution in [-0.4, -0.2) is 13.0 Å². The highest BCUT2D eigenvalue weighted by Gasteiger charge is 2.02. The molecule has 0 heterocycles. The Kier molecular flexibility index (Phi) is 5.22. The van der Waals surface area contributed by atoms with E-state index in [0.717, 1.165) is 12.0 Å². The number of hydrogen-bond donors (Lipinski definition) is 0. The Balaban J connectivity index is 3.21. The first-order chi connectivity index (χ1) is 4.66. The topological polar surface area (TPSA) is 9.23 Å². The van der Waals surface area contributed by atoms with Gasteiger partial charge in [-0.3, -0.25) is 0 Å². The summed E-state index contributed by atoms with van der Waals surface area (Å²) in [5.41, 5.74) is 0.860. The molecule has 0 aliphatic rings. The molecule has 0 aromatic heterocycles. The summed E-state index contributed by atoms with van der Waals surface area (Å²) in [6.07, 6.45) is 0.187. The first kappa shape index (κ1) is 9.63. The summed E-state index contributed by atoms with van der Waals surface area (Å²) < 4.78 is 17.3. The minimum atomic E-state index is -1.11. The monoisotopic (exact) mass is 146 g/mol. The van der Waals surface area contributed by atoms with Gasteiger partial charge in [-0.2, -0.15) is 0 Å². The van der Waals surface area contributed by atoms with E-state index in [2.05, 4.69) is 6.58 Å². The molecule has 0 radical (unpaired) electrons. The molecule has 60 valence electrons. The first-order valence-electron chi connectivity index (χ1n) is 3.57. The van der Waals surface area contributed by atoms with Crippen LogP contribution in [0.4, 0.5) is 4.39 Å². The zero-order valence-electron chi connectivity index (χ0n) is 6.69. The molecule has 0 saturated heterocycles. The second kappa shape index (κ2) is 5.42. The molecule has 1 atom stereocenters. The van der Waals surface area contributed by atoms with Gasteiger partial charge in [-0.05, 0) is 6.92 Å². The van der Waals surface area contributed by atoms with Crippen LogP contribution < -0.4 is 0 Å². The molecule has 0 saturated carbocycles. The molecule has 0 aliphatic heterocycles. The molecule has 0 spiro atoms. The van der Waals surface area contributed by atoms with Gasteiger partial charge in [0.05, 0.1) is 6.61 Å². The van der Waals surface area contributed by atoms with Crippen LogP contribution in [0, 0.1) is 0 Å². The molecule has 0 aromatic carbocycles. The van der Waals surface area contributed by atoms with E-state index in [1.807, 2.05) is 13.8 Å². The lowest BCUT2D eigenvalue weighted by Crippen LogP contribution is -2.07. The molecular formula is C8H15FO. The zero-order chi connectivity index (χ0) is 7.98. The summed E-state index contributed by atoms with van der Waals surface area (Å²) >= 11 is 0. The lowest BCUT2D eigenvalue weighted by atomic mass is 10.3. The van der Waals surface area contributed by atoms with Crippen molar-refractivity contribution >= 4 is 0 Å². The van der Waals surface area contributed by atoms with Crippen LogP contribution in [0.2, 0.25) is 0 Å². The van der Waals surface area contributed by atoms with Gasteiger partial charge in [-0.1, -0.05) is 25.5 Å². The summed E-state index contributed by atoms with van der Waals surface area (Å²) in [5.74, 6) is 0. The van der Waals surface area contributed by atoms with E-state index in [1.54, 1.807) is 0 Å². The predicted molar refractivity (Wildman–Crippen MR) is 40.6 cm³/mol. The highest BCUT2D eigenvalue weighted by Crippen LogP contribution is 2.04. The third kappa shape index (κ3) is 5.76. The highest BCUT2D eigenvalue weighted by molar-refractivity contribution is 4.87. The predicted octanol–water partition coefficient (Wildman–Crippen LogP) is 2.67. The number of ether oxygens (including phenoxy) is 1. The molecule has 1 nitrogen and oxygen atoms in total. The largest absolute Gasteiger partial charge is 0.344 e. The van der Waals surface area contributed by atoms with E-state index in [-0.39, 0.29) is 0 Å². The number of hydrogen-bond acceptors (Lipinski definition) is 1. The third-order valence-electron chi connectivity index (χ3n) is 1.03. The fourth-order valence-corrected chi connectivity index (χ4v) is 0.543. The van der Waals surface area contributed by atoms with Gasteiger partial charge in [0.15, 0.2) is 6.36 Å². The molecule has 0 rings (SSSR count). The highest BCUT2D eigenvalue weighted by atomic mass is 19.1. The van der Waals surface area contributed by atoms with Crippen molar-refractivity contribution < 1.29 is 9.13 Å². The second-order valence-electron chi connectivity index (χ2n) is 2.47. The number of halogens is 1. The summed E-state index contributed by atoms with van der Waals surface area (Å²) in [4.78, 5) is 0. The van der Waals surface area contributed by atoms with Crippen molar-refractivity contribution in [3.8, 4) is 0 Å². The van der Waals surface area contributed by atoms with Crippen LogP contribution in [0.1, 0.15) is 26.7 Å². The Morgan fingerprint density at radius 3 is 2.70 bits per heavy atom. The molecule has 0 bridgehead atoms. The molecule has 0 aromatic rings. The van der Waals surface area contributed by atoms with E-state index >= 15 is 0 Å².